The van der Waals surface area contributed by atoms with E-state index in [-0.39, 0.29) is 18.2 Å². The molecule has 132 valence electrons. The number of azo groups is 1. The molecule has 0 aromatic rings. The summed E-state index contributed by atoms with van der Waals surface area (Å²) in [7, 11) is -3.92. The van der Waals surface area contributed by atoms with Gasteiger partial charge in [0.2, 0.25) is 0 Å². The largest absolute Gasteiger partial charge is 0.391 e. The van der Waals surface area contributed by atoms with Crippen LogP contribution in [0.5, 0.6) is 0 Å². The van der Waals surface area contributed by atoms with Crippen LogP contribution in [0.15, 0.2) is 10.2 Å². The Morgan fingerprint density at radius 3 is 2.22 bits per heavy atom. The number of fused-ring (bicyclic) bond motifs is 1. The van der Waals surface area contributed by atoms with Gasteiger partial charge >= 0.3 is 0 Å². The quantitative estimate of drug-likeness (QED) is 0.607. The molecule has 0 aliphatic heterocycles. The predicted octanol–water partition coefficient (Wildman–Crippen LogP) is 2.97. The molecule has 23 heavy (non-hydrogen) atoms. The monoisotopic (exact) mass is 344 g/mol. The topological polar surface area (TPSA) is 99.3 Å². The first-order valence-electron chi connectivity index (χ1n) is 8.99. The summed E-state index contributed by atoms with van der Waals surface area (Å²) in [6.45, 7) is 0. The molecule has 0 aromatic heterocycles. The van der Waals surface area contributed by atoms with Crippen molar-refractivity contribution in [2.75, 3.05) is 0 Å². The lowest BCUT2D eigenvalue weighted by Gasteiger charge is -2.41. The van der Waals surface area contributed by atoms with Crippen LogP contribution in [0.4, 0.5) is 0 Å². The maximum Gasteiger partial charge on any atom is 0.267 e. The van der Waals surface area contributed by atoms with Crippen molar-refractivity contribution in [1.29, 1.82) is 0 Å². The Bertz CT molecular complexity index is 528. The van der Waals surface area contributed by atoms with E-state index in [1.165, 1.54) is 19.3 Å². The van der Waals surface area contributed by atoms with Crippen LogP contribution in [0.3, 0.4) is 0 Å². The molecule has 7 heteroatoms. The van der Waals surface area contributed by atoms with Gasteiger partial charge < -0.3 is 5.11 Å². The zero-order valence-corrected chi connectivity index (χ0v) is 14.4. The molecule has 6 nitrogen and oxygen atoms in total. The van der Waals surface area contributed by atoms with E-state index in [0.29, 0.717) is 37.5 Å². The Morgan fingerprint density at radius 1 is 0.826 bits per heavy atom. The Morgan fingerprint density at radius 2 is 1.52 bits per heavy atom. The van der Waals surface area contributed by atoms with Gasteiger partial charge in [-0.05, 0) is 56.8 Å². The van der Waals surface area contributed by atoms with Crippen LogP contribution in [0.1, 0.15) is 64.2 Å². The molecule has 3 fully saturated rings. The Kier molecular flexibility index (Phi) is 5.38. The van der Waals surface area contributed by atoms with Crippen LogP contribution in [0.25, 0.3) is 0 Å². The second-order valence-electron chi connectivity index (χ2n) is 7.52. The lowest BCUT2D eigenvalue weighted by atomic mass is 9.67. The Labute approximate surface area is 138 Å². The zero-order valence-electron chi connectivity index (χ0n) is 13.5. The molecule has 3 aliphatic carbocycles. The van der Waals surface area contributed by atoms with Gasteiger partial charge in [0.05, 0.1) is 23.4 Å². The lowest BCUT2D eigenvalue weighted by Crippen LogP contribution is -2.42. The van der Waals surface area contributed by atoms with Crippen molar-refractivity contribution in [1.82, 2.24) is 0 Å². The van der Waals surface area contributed by atoms with E-state index in [0.717, 1.165) is 19.3 Å². The number of aliphatic hydroxyl groups excluding tert-OH is 1. The van der Waals surface area contributed by atoms with Crippen LogP contribution in [-0.2, 0) is 10.1 Å². The van der Waals surface area contributed by atoms with E-state index in [2.05, 4.69) is 10.2 Å². The van der Waals surface area contributed by atoms with Gasteiger partial charge in [0, 0.05) is 0 Å². The maximum atomic E-state index is 11.2. The van der Waals surface area contributed by atoms with Gasteiger partial charge in [0.15, 0.2) is 0 Å². The molecule has 3 aliphatic rings. The van der Waals surface area contributed by atoms with Crippen molar-refractivity contribution in [3.8, 4) is 0 Å². The summed E-state index contributed by atoms with van der Waals surface area (Å²) in [4.78, 5) is 0. The van der Waals surface area contributed by atoms with Crippen molar-refractivity contribution in [2.45, 2.75) is 87.6 Å². The molecule has 0 radical (unpaired) electrons. The average Bonchev–Trinajstić information content (AvgIpc) is 2.53. The third-order valence-corrected chi connectivity index (χ3v) is 7.38. The summed E-state index contributed by atoms with van der Waals surface area (Å²) in [6.07, 6.45) is 8.63. The Hall–Kier alpha value is -0.530. The molecule has 4 unspecified atom stereocenters. The first kappa shape index (κ1) is 17.3. The summed E-state index contributed by atoms with van der Waals surface area (Å²) in [6, 6.07) is -0.0440. The molecule has 0 bridgehead atoms. The van der Waals surface area contributed by atoms with Gasteiger partial charge in [-0.2, -0.15) is 18.6 Å². The molecule has 0 amide bonds. The second-order valence-corrected chi connectivity index (χ2v) is 9.22. The SMILES string of the molecule is O=S(=O)(O)C1CCC(N=NC2C(O)CCC3CCCCC32)CC1. The summed E-state index contributed by atoms with van der Waals surface area (Å²) >= 11 is 0. The van der Waals surface area contributed by atoms with Gasteiger partial charge in [-0.3, -0.25) is 4.55 Å². The van der Waals surface area contributed by atoms with Gasteiger partial charge in [-0.15, -0.1) is 0 Å². The highest BCUT2D eigenvalue weighted by atomic mass is 32.2. The summed E-state index contributed by atoms with van der Waals surface area (Å²) in [5.41, 5.74) is 0. The maximum absolute atomic E-state index is 11.2. The second kappa shape index (κ2) is 7.15. The number of hydrogen-bond acceptors (Lipinski definition) is 5. The minimum absolute atomic E-state index is 0.0316. The van der Waals surface area contributed by atoms with E-state index in [1.54, 1.807) is 0 Å². The molecule has 0 aromatic carbocycles. The highest BCUT2D eigenvalue weighted by Crippen LogP contribution is 2.42. The average molecular weight is 344 g/mol. The molecule has 4 atom stereocenters. The molecule has 0 saturated heterocycles. The van der Waals surface area contributed by atoms with E-state index in [1.807, 2.05) is 0 Å². The van der Waals surface area contributed by atoms with Crippen LogP contribution in [-0.4, -0.2) is 41.5 Å². The van der Waals surface area contributed by atoms with E-state index >= 15 is 0 Å². The predicted molar refractivity (Wildman–Crippen MR) is 86.9 cm³/mol. The van der Waals surface area contributed by atoms with E-state index in [9.17, 15) is 13.5 Å². The van der Waals surface area contributed by atoms with Crippen LogP contribution < -0.4 is 0 Å². The van der Waals surface area contributed by atoms with E-state index in [4.69, 9.17) is 4.55 Å². The molecule has 2 N–H and O–H groups in total. The molecule has 3 rings (SSSR count). The van der Waals surface area contributed by atoms with Gasteiger partial charge in [0.1, 0.15) is 0 Å². The van der Waals surface area contributed by atoms with E-state index < -0.39 is 15.4 Å². The van der Waals surface area contributed by atoms with Crippen LogP contribution >= 0.6 is 0 Å². The number of rotatable bonds is 3. The minimum Gasteiger partial charge on any atom is -0.391 e. The molecular formula is C16H28N2O4S. The highest BCUT2D eigenvalue weighted by Gasteiger charge is 2.40. The van der Waals surface area contributed by atoms with Crippen molar-refractivity contribution in [2.24, 2.45) is 22.1 Å². The third-order valence-electron chi connectivity index (χ3n) is 6.06. The highest BCUT2D eigenvalue weighted by molar-refractivity contribution is 7.86. The zero-order chi connectivity index (χ0) is 16.4. The lowest BCUT2D eigenvalue weighted by molar-refractivity contribution is 0.0236. The summed E-state index contributed by atoms with van der Waals surface area (Å²) < 4.78 is 31.4. The van der Waals surface area contributed by atoms with Crippen molar-refractivity contribution < 1.29 is 18.1 Å². The van der Waals surface area contributed by atoms with Crippen molar-refractivity contribution >= 4 is 10.1 Å². The molecule has 0 spiro atoms. The van der Waals surface area contributed by atoms with Gasteiger partial charge in [-0.1, -0.05) is 19.3 Å². The summed E-state index contributed by atoms with van der Waals surface area (Å²) in [5, 5.41) is 18.7. The van der Waals surface area contributed by atoms with Crippen LogP contribution in [0.2, 0.25) is 0 Å². The Balaban J connectivity index is 1.58. The normalized spacial score (nSPS) is 42.5. The van der Waals surface area contributed by atoms with Crippen molar-refractivity contribution in [3.63, 3.8) is 0 Å². The fourth-order valence-corrected chi connectivity index (χ4v) is 5.55. The standard InChI is InChI=1S/C16H28N2O4S/c19-15-10-5-11-3-1-2-4-14(11)16(15)18-17-12-6-8-13(9-7-12)23(20,21)22/h11-16,19H,1-10H2,(H,20,21,22). The van der Waals surface area contributed by atoms with Crippen LogP contribution in [0, 0.1) is 11.8 Å². The molecule has 3 saturated carbocycles. The number of hydrogen-bond donors (Lipinski definition) is 2. The first-order chi connectivity index (χ1) is 10.9. The fourth-order valence-electron chi connectivity index (χ4n) is 4.68. The minimum atomic E-state index is -3.92. The van der Waals surface area contributed by atoms with Crippen molar-refractivity contribution in [3.05, 3.63) is 0 Å². The third kappa shape index (κ3) is 4.12. The smallest absolute Gasteiger partial charge is 0.267 e. The van der Waals surface area contributed by atoms with Gasteiger partial charge in [-0.25, -0.2) is 0 Å². The molecular weight excluding hydrogens is 316 g/mol. The molecule has 0 heterocycles. The first-order valence-corrected chi connectivity index (χ1v) is 10.5. The fraction of sp³-hybridized carbons (Fsp3) is 1.00. The van der Waals surface area contributed by atoms with Gasteiger partial charge in [0.25, 0.3) is 10.1 Å². The number of aliphatic hydroxyl groups is 1. The summed E-state index contributed by atoms with van der Waals surface area (Å²) in [5.74, 6) is 1.15. The number of nitrogens with zero attached hydrogens (tertiary/aromatic N) is 2.